The quantitative estimate of drug-likeness (QED) is 0.268. The number of hydrogen-bond acceptors (Lipinski definition) is 11. The molecule has 12 heteroatoms. The van der Waals surface area contributed by atoms with Gasteiger partial charge in [-0.1, -0.05) is 12.1 Å². The van der Waals surface area contributed by atoms with Crippen molar-refractivity contribution in [2.75, 3.05) is 7.11 Å². The Morgan fingerprint density at radius 2 is 1.86 bits per heavy atom. The highest BCUT2D eigenvalue weighted by Gasteiger charge is 2.55. The lowest BCUT2D eigenvalue weighted by Gasteiger charge is -2.43. The Bertz CT molecular complexity index is 1400. The maximum absolute atomic E-state index is 13.4. The van der Waals surface area contributed by atoms with Crippen LogP contribution in [-0.2, 0) is 19.1 Å². The molecule has 0 unspecified atom stereocenters. The fourth-order valence-corrected chi connectivity index (χ4v) is 4.83. The number of nitro benzene ring substituents is 1. The van der Waals surface area contributed by atoms with E-state index in [1.54, 1.807) is 26.0 Å². The van der Waals surface area contributed by atoms with Crippen LogP contribution >= 0.6 is 0 Å². The van der Waals surface area contributed by atoms with Gasteiger partial charge in [-0.2, -0.15) is 15.8 Å². The van der Waals surface area contributed by atoms with Crippen LogP contribution in [-0.4, -0.2) is 41.0 Å². The third kappa shape index (κ3) is 4.35. The molecule has 37 heavy (non-hydrogen) atoms. The topological polar surface area (TPSA) is 196 Å². The van der Waals surface area contributed by atoms with Gasteiger partial charge in [0.15, 0.2) is 0 Å². The Morgan fingerprint density at radius 1 is 1.22 bits per heavy atom. The number of methoxy groups -OCH3 is 1. The van der Waals surface area contributed by atoms with Gasteiger partial charge in [0.25, 0.3) is 5.69 Å². The second kappa shape index (κ2) is 10.2. The molecule has 3 rings (SSSR count). The molecule has 0 bridgehead atoms. The van der Waals surface area contributed by atoms with Gasteiger partial charge in [0.2, 0.25) is 0 Å². The number of esters is 2. The molecule has 2 heterocycles. The van der Waals surface area contributed by atoms with Crippen molar-refractivity contribution in [3.8, 4) is 18.2 Å². The van der Waals surface area contributed by atoms with Crippen LogP contribution in [0.15, 0.2) is 58.1 Å². The molecule has 1 aromatic carbocycles. The minimum absolute atomic E-state index is 0.0298. The van der Waals surface area contributed by atoms with Crippen LogP contribution in [0.1, 0.15) is 32.3 Å². The molecule has 0 aliphatic carbocycles. The third-order valence-corrected chi connectivity index (χ3v) is 6.20. The molecule has 2 aliphatic rings. The molecular weight excluding hydrogens is 480 g/mol. The summed E-state index contributed by atoms with van der Waals surface area (Å²) in [5, 5.41) is 40.7. The number of ether oxygens (including phenoxy) is 2. The van der Waals surface area contributed by atoms with E-state index in [2.05, 4.69) is 0 Å². The molecule has 0 amide bonds. The van der Waals surface area contributed by atoms with Gasteiger partial charge in [0.05, 0.1) is 41.2 Å². The van der Waals surface area contributed by atoms with E-state index in [4.69, 9.17) is 15.2 Å². The summed E-state index contributed by atoms with van der Waals surface area (Å²) in [7, 11) is 1.12. The lowest BCUT2D eigenvalue weighted by Crippen LogP contribution is -2.50. The van der Waals surface area contributed by atoms with Crippen LogP contribution in [0.25, 0.3) is 0 Å². The van der Waals surface area contributed by atoms with E-state index in [-0.39, 0.29) is 39.5 Å². The highest BCUT2D eigenvalue weighted by Crippen LogP contribution is 2.51. The largest absolute Gasteiger partial charge is 0.469 e. The number of benzene rings is 1. The predicted octanol–water partition coefficient (Wildman–Crippen LogP) is 2.43. The summed E-state index contributed by atoms with van der Waals surface area (Å²) in [6.45, 7) is 4.78. The van der Waals surface area contributed by atoms with Gasteiger partial charge in [-0.3, -0.25) is 14.9 Å². The van der Waals surface area contributed by atoms with E-state index in [1.807, 2.05) is 6.07 Å². The van der Waals surface area contributed by atoms with Crippen molar-refractivity contribution in [1.82, 2.24) is 4.90 Å². The summed E-state index contributed by atoms with van der Waals surface area (Å²) in [5.41, 5.74) is 5.65. The summed E-state index contributed by atoms with van der Waals surface area (Å²) >= 11 is 0. The predicted molar refractivity (Wildman–Crippen MR) is 126 cm³/mol. The highest BCUT2D eigenvalue weighted by atomic mass is 16.6. The van der Waals surface area contributed by atoms with Gasteiger partial charge in [-0.25, -0.2) is 4.79 Å². The number of fused-ring (bicyclic) bond motifs is 1. The van der Waals surface area contributed by atoms with Crippen LogP contribution in [0.4, 0.5) is 5.69 Å². The zero-order valence-electron chi connectivity index (χ0n) is 20.4. The van der Waals surface area contributed by atoms with Gasteiger partial charge < -0.3 is 20.1 Å². The Morgan fingerprint density at radius 3 is 2.38 bits per heavy atom. The minimum atomic E-state index is -1.35. The average Bonchev–Trinajstić information content (AvgIpc) is 3.15. The number of rotatable bonds is 5. The summed E-state index contributed by atoms with van der Waals surface area (Å²) in [6, 6.07) is 9.60. The molecule has 0 spiro atoms. The van der Waals surface area contributed by atoms with Crippen LogP contribution < -0.4 is 5.73 Å². The zero-order valence-corrected chi connectivity index (χ0v) is 20.4. The van der Waals surface area contributed by atoms with Crippen LogP contribution in [0, 0.1) is 50.0 Å². The fourth-order valence-electron chi connectivity index (χ4n) is 4.83. The van der Waals surface area contributed by atoms with Crippen LogP contribution in [0.2, 0.25) is 0 Å². The number of nitrogens with zero attached hydrogens (tertiary/aromatic N) is 5. The fraction of sp³-hybridized carbons (Fsp3) is 0.320. The third-order valence-electron chi connectivity index (χ3n) is 6.20. The van der Waals surface area contributed by atoms with Crippen molar-refractivity contribution in [2.24, 2.45) is 11.7 Å². The first-order valence-corrected chi connectivity index (χ1v) is 11.0. The SMILES string of the molecule is COC(=O)[C@H]1[C@H]2C(=C(C#N)C#N)C(C#N)=C(N)N2C(C)=C(C(=O)OC(C)C)[C@H]1c1cccc([N+](=O)[O-])c1. The second-order valence-electron chi connectivity index (χ2n) is 8.53. The molecule has 3 atom stereocenters. The maximum Gasteiger partial charge on any atom is 0.336 e. The minimum Gasteiger partial charge on any atom is -0.469 e. The molecule has 0 fully saturated rings. The van der Waals surface area contributed by atoms with Crippen molar-refractivity contribution >= 4 is 17.6 Å². The number of allylic oxidation sites excluding steroid dienone is 2. The van der Waals surface area contributed by atoms with E-state index >= 15 is 0 Å². The number of carbonyl (C=O) groups excluding carboxylic acids is 2. The van der Waals surface area contributed by atoms with Crippen molar-refractivity contribution in [1.29, 1.82) is 15.8 Å². The number of hydrogen-bond donors (Lipinski definition) is 1. The number of nitriles is 3. The van der Waals surface area contributed by atoms with Crippen molar-refractivity contribution in [3.05, 3.63) is 73.8 Å². The average molecular weight is 502 g/mol. The Kier molecular flexibility index (Phi) is 7.31. The Hall–Kier alpha value is -5.15. The number of carbonyl (C=O) groups is 2. The molecule has 0 saturated carbocycles. The molecule has 188 valence electrons. The summed E-state index contributed by atoms with van der Waals surface area (Å²) < 4.78 is 10.5. The lowest BCUT2D eigenvalue weighted by molar-refractivity contribution is -0.384. The number of nitro groups is 1. The van der Waals surface area contributed by atoms with Crippen LogP contribution in [0.5, 0.6) is 0 Å². The summed E-state index contributed by atoms with van der Waals surface area (Å²) in [4.78, 5) is 39.0. The number of nitrogens with two attached hydrogens (primary N) is 1. The monoisotopic (exact) mass is 502 g/mol. The van der Waals surface area contributed by atoms with Crippen LogP contribution in [0.3, 0.4) is 0 Å². The molecule has 1 aromatic rings. The first-order chi connectivity index (χ1) is 17.5. The first-order valence-electron chi connectivity index (χ1n) is 11.0. The Labute approximate surface area is 212 Å². The maximum atomic E-state index is 13.4. The molecule has 12 nitrogen and oxygen atoms in total. The molecule has 0 aromatic heterocycles. The van der Waals surface area contributed by atoms with Gasteiger partial charge in [-0.05, 0) is 26.3 Å². The lowest BCUT2D eigenvalue weighted by atomic mass is 9.70. The Balaban J connectivity index is 2.49. The molecule has 0 radical (unpaired) electrons. The second-order valence-corrected chi connectivity index (χ2v) is 8.53. The molecule has 2 aliphatic heterocycles. The summed E-state index contributed by atoms with van der Waals surface area (Å²) in [6.07, 6.45) is -0.548. The standard InChI is InChI=1S/C25H22N6O6/c1-12(2)37-25(33)18-13(3)30-22(19(15(9-26)10-27)17(11-28)23(30)29)21(24(32)36-4)20(18)14-6-5-7-16(8-14)31(34)35/h5-8,12,20-22H,29H2,1-4H3/t20-,21-,22-/m1/s1. The van der Waals surface area contributed by atoms with Crippen molar-refractivity contribution in [2.45, 2.75) is 38.8 Å². The van der Waals surface area contributed by atoms with E-state index in [0.717, 1.165) is 7.11 Å². The smallest absolute Gasteiger partial charge is 0.336 e. The van der Waals surface area contributed by atoms with Crippen molar-refractivity contribution in [3.63, 3.8) is 0 Å². The highest BCUT2D eigenvalue weighted by molar-refractivity contribution is 5.94. The number of non-ortho nitro benzene ring substituents is 1. The first kappa shape index (κ1) is 26.5. The molecule has 0 saturated heterocycles. The normalized spacial score (nSPS) is 20.5. The van der Waals surface area contributed by atoms with Gasteiger partial charge in [-0.15, -0.1) is 0 Å². The van der Waals surface area contributed by atoms with Gasteiger partial charge in [0, 0.05) is 29.3 Å². The molecular formula is C25H22N6O6. The zero-order chi connectivity index (χ0) is 27.6. The van der Waals surface area contributed by atoms with E-state index in [0.29, 0.717) is 0 Å². The van der Waals surface area contributed by atoms with E-state index in [9.17, 15) is 35.5 Å². The van der Waals surface area contributed by atoms with Gasteiger partial charge in [0.1, 0.15) is 29.6 Å². The van der Waals surface area contributed by atoms with E-state index in [1.165, 1.54) is 36.1 Å². The molecule has 2 N–H and O–H groups in total. The summed E-state index contributed by atoms with van der Waals surface area (Å²) in [5.74, 6) is -4.33. The van der Waals surface area contributed by atoms with Crippen molar-refractivity contribution < 1.29 is 24.0 Å². The van der Waals surface area contributed by atoms with E-state index < -0.39 is 46.4 Å². The van der Waals surface area contributed by atoms with Gasteiger partial charge >= 0.3 is 11.9 Å².